The summed E-state index contributed by atoms with van der Waals surface area (Å²) in [5, 5.41) is 0. The van der Waals surface area contributed by atoms with E-state index in [1.54, 1.807) is 0 Å². The van der Waals surface area contributed by atoms with Gasteiger partial charge in [-0.05, 0) is 26.2 Å². The van der Waals surface area contributed by atoms with Crippen molar-refractivity contribution in [1.82, 2.24) is 4.90 Å². The maximum atomic E-state index is 11.4. The first-order chi connectivity index (χ1) is 5.25. The number of hydrogen-bond donors (Lipinski definition) is 1. The van der Waals surface area contributed by atoms with Gasteiger partial charge in [0, 0.05) is 13.1 Å². The van der Waals surface area contributed by atoms with E-state index >= 15 is 0 Å². The first kappa shape index (κ1) is 11.7. The van der Waals surface area contributed by atoms with Gasteiger partial charge in [0.1, 0.15) is 0 Å². The summed E-state index contributed by atoms with van der Waals surface area (Å²) in [5.74, 6) is 0.130. The van der Waals surface area contributed by atoms with E-state index in [0.29, 0.717) is 0 Å². The molecule has 1 saturated heterocycles. The number of amides is 1. The molecule has 0 radical (unpaired) electrons. The van der Waals surface area contributed by atoms with E-state index in [2.05, 4.69) is 0 Å². The van der Waals surface area contributed by atoms with Gasteiger partial charge >= 0.3 is 0 Å². The number of carbonyl (C=O) groups is 1. The molecular weight excluding hydrogens is 176 g/mol. The lowest BCUT2D eigenvalue weighted by atomic mass is 10.1. The summed E-state index contributed by atoms with van der Waals surface area (Å²) >= 11 is 0. The average Bonchev–Trinajstić information content (AvgIpc) is 2.16. The van der Waals surface area contributed by atoms with Crippen LogP contribution in [0.4, 0.5) is 0 Å². The summed E-state index contributed by atoms with van der Waals surface area (Å²) < 4.78 is 0. The average molecular weight is 193 g/mol. The van der Waals surface area contributed by atoms with E-state index in [-0.39, 0.29) is 24.4 Å². The Morgan fingerprint density at radius 3 is 2.83 bits per heavy atom. The van der Waals surface area contributed by atoms with Gasteiger partial charge < -0.3 is 10.6 Å². The third-order valence-electron chi connectivity index (χ3n) is 2.20. The molecule has 12 heavy (non-hydrogen) atoms. The van der Waals surface area contributed by atoms with Crippen LogP contribution in [-0.4, -0.2) is 29.9 Å². The summed E-state index contributed by atoms with van der Waals surface area (Å²) in [5.41, 5.74) is 5.65. The lowest BCUT2D eigenvalue weighted by Crippen LogP contribution is -2.42. The molecule has 2 N–H and O–H groups in total. The van der Waals surface area contributed by atoms with Gasteiger partial charge in [-0.3, -0.25) is 4.79 Å². The molecule has 1 heterocycles. The quantitative estimate of drug-likeness (QED) is 0.667. The van der Waals surface area contributed by atoms with Crippen molar-refractivity contribution in [3.8, 4) is 0 Å². The standard InChI is InChI=1S/C8H16N2O.ClH/c1-2-10-6-4-3-5-7(9)8(10)11;/h7H,2-6,9H2,1H3;1H. The topological polar surface area (TPSA) is 46.3 Å². The van der Waals surface area contributed by atoms with Crippen LogP contribution in [0, 0.1) is 0 Å². The fourth-order valence-corrected chi connectivity index (χ4v) is 1.45. The zero-order valence-corrected chi connectivity index (χ0v) is 8.27. The SMILES string of the molecule is CCN1CCCCC(N)C1=O.Cl. The number of nitrogens with two attached hydrogens (primary N) is 1. The van der Waals surface area contributed by atoms with Crippen molar-refractivity contribution in [1.29, 1.82) is 0 Å². The summed E-state index contributed by atoms with van der Waals surface area (Å²) in [6.45, 7) is 3.69. The molecule has 4 heteroatoms. The maximum absolute atomic E-state index is 11.4. The number of carbonyl (C=O) groups excluding carboxylic acids is 1. The molecule has 1 unspecified atom stereocenters. The fourth-order valence-electron chi connectivity index (χ4n) is 1.45. The van der Waals surface area contributed by atoms with Gasteiger partial charge in [0.05, 0.1) is 6.04 Å². The molecule has 0 spiro atoms. The van der Waals surface area contributed by atoms with Gasteiger partial charge in [-0.15, -0.1) is 12.4 Å². The zero-order valence-electron chi connectivity index (χ0n) is 7.45. The zero-order chi connectivity index (χ0) is 8.27. The van der Waals surface area contributed by atoms with E-state index in [0.717, 1.165) is 32.4 Å². The third-order valence-corrected chi connectivity index (χ3v) is 2.20. The minimum Gasteiger partial charge on any atom is -0.342 e. The largest absolute Gasteiger partial charge is 0.342 e. The molecule has 0 aromatic heterocycles. The maximum Gasteiger partial charge on any atom is 0.239 e. The number of halogens is 1. The first-order valence-corrected chi connectivity index (χ1v) is 4.30. The van der Waals surface area contributed by atoms with Crippen molar-refractivity contribution >= 4 is 18.3 Å². The van der Waals surface area contributed by atoms with Crippen molar-refractivity contribution in [2.24, 2.45) is 5.73 Å². The number of rotatable bonds is 1. The van der Waals surface area contributed by atoms with Crippen molar-refractivity contribution in [2.75, 3.05) is 13.1 Å². The third kappa shape index (κ3) is 2.64. The predicted octanol–water partition coefficient (Wildman–Crippen LogP) is 0.768. The lowest BCUT2D eigenvalue weighted by molar-refractivity contribution is -0.131. The Bertz CT molecular complexity index is 152. The van der Waals surface area contributed by atoms with E-state index in [1.165, 1.54) is 0 Å². The lowest BCUT2D eigenvalue weighted by Gasteiger charge is -2.20. The van der Waals surface area contributed by atoms with E-state index < -0.39 is 0 Å². The van der Waals surface area contributed by atoms with Crippen LogP contribution in [0.5, 0.6) is 0 Å². The van der Waals surface area contributed by atoms with Gasteiger partial charge in [0.2, 0.25) is 5.91 Å². The molecule has 1 aliphatic rings. The number of likely N-dealkylation sites (N-methyl/N-ethyl adjacent to an activating group) is 1. The summed E-state index contributed by atoms with van der Waals surface area (Å²) in [4.78, 5) is 13.2. The van der Waals surface area contributed by atoms with Crippen molar-refractivity contribution in [3.63, 3.8) is 0 Å². The monoisotopic (exact) mass is 192 g/mol. The van der Waals surface area contributed by atoms with Crippen LogP contribution in [-0.2, 0) is 4.79 Å². The van der Waals surface area contributed by atoms with Crippen LogP contribution in [0.3, 0.4) is 0 Å². The second-order valence-corrected chi connectivity index (χ2v) is 3.02. The summed E-state index contributed by atoms with van der Waals surface area (Å²) in [7, 11) is 0. The Hall–Kier alpha value is -0.280. The molecule has 0 aromatic carbocycles. The van der Waals surface area contributed by atoms with Crippen LogP contribution < -0.4 is 5.73 Å². The molecular formula is C8H17ClN2O. The Labute approximate surface area is 79.7 Å². The van der Waals surface area contributed by atoms with Crippen LogP contribution in [0.2, 0.25) is 0 Å². The van der Waals surface area contributed by atoms with Crippen LogP contribution >= 0.6 is 12.4 Å². The molecule has 0 bridgehead atoms. The number of hydrogen-bond acceptors (Lipinski definition) is 2. The molecule has 0 aliphatic carbocycles. The first-order valence-electron chi connectivity index (χ1n) is 4.30. The van der Waals surface area contributed by atoms with E-state index in [1.807, 2.05) is 11.8 Å². The highest BCUT2D eigenvalue weighted by Crippen LogP contribution is 2.09. The van der Waals surface area contributed by atoms with Crippen molar-refractivity contribution in [2.45, 2.75) is 32.2 Å². The van der Waals surface area contributed by atoms with Crippen molar-refractivity contribution in [3.05, 3.63) is 0 Å². The molecule has 1 fully saturated rings. The highest BCUT2D eigenvalue weighted by Gasteiger charge is 2.21. The van der Waals surface area contributed by atoms with Crippen molar-refractivity contribution < 1.29 is 4.79 Å². The minimum atomic E-state index is -0.238. The number of likely N-dealkylation sites (tertiary alicyclic amines) is 1. The van der Waals surface area contributed by atoms with E-state index in [4.69, 9.17) is 5.73 Å². The Morgan fingerprint density at radius 2 is 2.25 bits per heavy atom. The Kier molecular flexibility index (Phi) is 5.25. The highest BCUT2D eigenvalue weighted by molar-refractivity contribution is 5.85. The molecule has 1 rings (SSSR count). The normalized spacial score (nSPS) is 24.7. The molecule has 1 aliphatic heterocycles. The second kappa shape index (κ2) is 5.38. The number of nitrogens with zero attached hydrogens (tertiary/aromatic N) is 1. The molecule has 1 amide bonds. The van der Waals surface area contributed by atoms with Gasteiger partial charge in [-0.1, -0.05) is 0 Å². The summed E-state index contributed by atoms with van der Waals surface area (Å²) in [6, 6.07) is -0.238. The van der Waals surface area contributed by atoms with Crippen LogP contribution in [0.15, 0.2) is 0 Å². The van der Waals surface area contributed by atoms with Gasteiger partial charge in [-0.25, -0.2) is 0 Å². The molecule has 0 aromatic rings. The molecule has 1 atom stereocenters. The van der Waals surface area contributed by atoms with Gasteiger partial charge in [-0.2, -0.15) is 0 Å². The highest BCUT2D eigenvalue weighted by atomic mass is 35.5. The second-order valence-electron chi connectivity index (χ2n) is 3.02. The predicted molar refractivity (Wildman–Crippen MR) is 51.3 cm³/mol. The van der Waals surface area contributed by atoms with Gasteiger partial charge in [0.25, 0.3) is 0 Å². The summed E-state index contributed by atoms with van der Waals surface area (Å²) in [6.07, 6.45) is 3.05. The Balaban J connectivity index is 0.00000121. The van der Waals surface area contributed by atoms with Gasteiger partial charge in [0.15, 0.2) is 0 Å². The van der Waals surface area contributed by atoms with Crippen LogP contribution in [0.1, 0.15) is 26.2 Å². The molecule has 72 valence electrons. The smallest absolute Gasteiger partial charge is 0.239 e. The fraction of sp³-hybridized carbons (Fsp3) is 0.875. The molecule has 0 saturated carbocycles. The Morgan fingerprint density at radius 1 is 1.58 bits per heavy atom. The van der Waals surface area contributed by atoms with Crippen LogP contribution in [0.25, 0.3) is 0 Å². The van der Waals surface area contributed by atoms with E-state index in [9.17, 15) is 4.79 Å². The molecule has 3 nitrogen and oxygen atoms in total. The minimum absolute atomic E-state index is 0.